The van der Waals surface area contributed by atoms with E-state index in [0.717, 1.165) is 40.7 Å². The van der Waals surface area contributed by atoms with Crippen LogP contribution < -0.4 is 4.74 Å². The number of fused-ring (bicyclic) bond motifs is 2. The molecule has 4 nitrogen and oxygen atoms in total. The Bertz CT molecular complexity index is 1320. The van der Waals surface area contributed by atoms with E-state index in [2.05, 4.69) is 41.3 Å². The molecule has 4 aromatic rings. The van der Waals surface area contributed by atoms with Crippen molar-refractivity contribution in [2.45, 2.75) is 12.0 Å². The lowest BCUT2D eigenvalue weighted by Crippen LogP contribution is -2.51. The molecule has 0 spiro atoms. The van der Waals surface area contributed by atoms with Crippen LogP contribution in [-0.2, 0) is 4.79 Å². The van der Waals surface area contributed by atoms with Gasteiger partial charge in [0.2, 0.25) is 5.91 Å². The first kappa shape index (κ1) is 22.8. The molecule has 0 N–H and O–H groups in total. The lowest BCUT2D eigenvalue weighted by molar-refractivity contribution is -0.134. The molecule has 36 heavy (non-hydrogen) atoms. The molecule has 2 aliphatic rings. The first-order valence-corrected chi connectivity index (χ1v) is 12.8. The summed E-state index contributed by atoms with van der Waals surface area (Å²) in [5, 5.41) is 0.734. The van der Waals surface area contributed by atoms with Gasteiger partial charge in [-0.1, -0.05) is 90.5 Å². The van der Waals surface area contributed by atoms with Crippen molar-refractivity contribution >= 4 is 17.5 Å². The molecule has 0 bridgehead atoms. The predicted molar refractivity (Wildman–Crippen MR) is 143 cm³/mol. The van der Waals surface area contributed by atoms with Crippen molar-refractivity contribution in [2.24, 2.45) is 0 Å². The normalized spacial score (nSPS) is 16.5. The molecule has 4 aromatic carbocycles. The van der Waals surface area contributed by atoms with E-state index in [0.29, 0.717) is 13.1 Å². The molecule has 1 saturated heterocycles. The molecule has 2 heterocycles. The van der Waals surface area contributed by atoms with Crippen molar-refractivity contribution in [1.82, 2.24) is 9.80 Å². The number of piperazine rings is 1. The van der Waals surface area contributed by atoms with E-state index in [1.807, 2.05) is 71.6 Å². The zero-order valence-electron chi connectivity index (χ0n) is 19.9. The van der Waals surface area contributed by atoms with Crippen LogP contribution in [0.25, 0.3) is 0 Å². The number of rotatable bonds is 4. The molecule has 2 aliphatic heterocycles. The van der Waals surface area contributed by atoms with E-state index >= 15 is 0 Å². The smallest absolute Gasteiger partial charge is 0.234 e. The topological polar surface area (TPSA) is 32.8 Å². The minimum Gasteiger partial charge on any atom is -0.457 e. The Morgan fingerprint density at radius 3 is 1.83 bits per heavy atom. The Morgan fingerprint density at radius 1 is 0.694 bits per heavy atom. The zero-order chi connectivity index (χ0) is 24.5. The molecule has 0 aliphatic carbocycles. The highest BCUT2D eigenvalue weighted by molar-refractivity contribution is 6.30. The number of hydrogen-bond acceptors (Lipinski definition) is 3. The van der Waals surface area contributed by atoms with Crippen molar-refractivity contribution in [2.75, 3.05) is 26.2 Å². The Morgan fingerprint density at radius 2 is 1.22 bits per heavy atom. The van der Waals surface area contributed by atoms with Crippen molar-refractivity contribution in [3.8, 4) is 11.5 Å². The molecular formula is C31H27ClN2O2. The predicted octanol–water partition coefficient (Wildman–Crippen LogP) is 6.51. The summed E-state index contributed by atoms with van der Waals surface area (Å²) in [6.07, 6.45) is 0. The Hall–Kier alpha value is -3.60. The lowest BCUT2D eigenvalue weighted by Gasteiger charge is -2.41. The van der Waals surface area contributed by atoms with Crippen molar-refractivity contribution in [3.05, 3.63) is 130 Å². The summed E-state index contributed by atoms with van der Waals surface area (Å²) in [5.41, 5.74) is 4.32. The zero-order valence-corrected chi connectivity index (χ0v) is 20.6. The van der Waals surface area contributed by atoms with Crippen LogP contribution in [0.4, 0.5) is 0 Å². The summed E-state index contributed by atoms with van der Waals surface area (Å²) in [7, 11) is 0. The third-order valence-corrected chi connectivity index (χ3v) is 7.47. The molecule has 5 heteroatoms. The first-order chi connectivity index (χ1) is 17.7. The number of halogens is 1. The minimum absolute atomic E-state index is 0.116. The molecule has 1 fully saturated rings. The number of para-hydroxylation sites is 2. The van der Waals surface area contributed by atoms with Crippen molar-refractivity contribution < 1.29 is 9.53 Å². The second-order valence-corrected chi connectivity index (χ2v) is 9.77. The van der Waals surface area contributed by atoms with Crippen molar-refractivity contribution in [3.63, 3.8) is 0 Å². The highest BCUT2D eigenvalue weighted by Gasteiger charge is 2.37. The number of ether oxygens (including phenoxy) is 1. The molecule has 6 rings (SSSR count). The van der Waals surface area contributed by atoms with Crippen LogP contribution in [0.5, 0.6) is 11.5 Å². The van der Waals surface area contributed by atoms with Crippen molar-refractivity contribution in [1.29, 1.82) is 0 Å². The summed E-state index contributed by atoms with van der Waals surface area (Å²) in [6.45, 7) is 2.94. The van der Waals surface area contributed by atoms with Crippen LogP contribution in [0, 0.1) is 0 Å². The maximum absolute atomic E-state index is 14.0. The summed E-state index contributed by atoms with van der Waals surface area (Å²) in [5.74, 6) is 1.32. The van der Waals surface area contributed by atoms with Gasteiger partial charge in [-0.25, -0.2) is 0 Å². The number of amides is 1. The van der Waals surface area contributed by atoms with Gasteiger partial charge >= 0.3 is 0 Å². The third-order valence-electron chi connectivity index (χ3n) is 7.22. The second-order valence-electron chi connectivity index (χ2n) is 9.34. The monoisotopic (exact) mass is 494 g/mol. The van der Waals surface area contributed by atoms with Gasteiger partial charge in [-0.05, 0) is 35.4 Å². The van der Waals surface area contributed by atoms with Gasteiger partial charge in [-0.2, -0.15) is 0 Å². The summed E-state index contributed by atoms with van der Waals surface area (Å²) in [6, 6.07) is 34.5. The van der Waals surface area contributed by atoms with E-state index in [9.17, 15) is 4.79 Å². The highest BCUT2D eigenvalue weighted by Crippen LogP contribution is 2.45. The largest absolute Gasteiger partial charge is 0.457 e. The van der Waals surface area contributed by atoms with Crippen LogP contribution in [0.2, 0.25) is 5.02 Å². The van der Waals surface area contributed by atoms with E-state index in [1.165, 1.54) is 11.1 Å². The van der Waals surface area contributed by atoms with Crippen LogP contribution in [-0.4, -0.2) is 41.9 Å². The molecule has 1 amide bonds. The molecule has 0 aromatic heterocycles. The van der Waals surface area contributed by atoms with Crippen LogP contribution in [0.15, 0.2) is 103 Å². The van der Waals surface area contributed by atoms with E-state index in [-0.39, 0.29) is 17.9 Å². The minimum atomic E-state index is -0.348. The van der Waals surface area contributed by atoms with Gasteiger partial charge in [-0.15, -0.1) is 0 Å². The second kappa shape index (κ2) is 9.81. The Balaban J connectivity index is 1.25. The average molecular weight is 495 g/mol. The first-order valence-electron chi connectivity index (χ1n) is 12.4. The lowest BCUT2D eigenvalue weighted by atomic mass is 9.86. The maximum Gasteiger partial charge on any atom is 0.234 e. The fourth-order valence-corrected chi connectivity index (χ4v) is 5.58. The van der Waals surface area contributed by atoms with E-state index in [1.54, 1.807) is 0 Å². The van der Waals surface area contributed by atoms with Gasteiger partial charge in [0.25, 0.3) is 0 Å². The molecule has 180 valence electrons. The molecule has 1 unspecified atom stereocenters. The summed E-state index contributed by atoms with van der Waals surface area (Å²) in [4.78, 5) is 18.5. The molecule has 0 radical (unpaired) electrons. The summed E-state index contributed by atoms with van der Waals surface area (Å²) >= 11 is 6.18. The number of nitrogens with zero attached hydrogens (tertiary/aromatic N) is 2. The van der Waals surface area contributed by atoms with Gasteiger partial charge in [0.15, 0.2) is 0 Å². The Kier molecular flexibility index (Phi) is 6.22. The third kappa shape index (κ3) is 4.27. The van der Waals surface area contributed by atoms with Crippen LogP contribution in [0.3, 0.4) is 0 Å². The number of hydrogen-bond donors (Lipinski definition) is 0. The number of benzene rings is 4. The number of carbonyl (C=O) groups excluding carboxylic acids is 1. The van der Waals surface area contributed by atoms with Gasteiger partial charge in [0, 0.05) is 42.3 Å². The Labute approximate surface area is 216 Å². The quantitative estimate of drug-likeness (QED) is 0.324. The van der Waals surface area contributed by atoms with Gasteiger partial charge in [0.05, 0.1) is 12.0 Å². The fraction of sp³-hybridized carbons (Fsp3) is 0.194. The standard InChI is InChI=1S/C31H27ClN2O2/c32-24-16-14-23(15-17-24)30(22-8-2-1-3-9-22)33-18-20-34(21-19-33)31(35)29-25-10-4-6-12-27(25)36-28-13-7-5-11-26(28)29/h1-17,29-30H,18-21H2. The van der Waals surface area contributed by atoms with E-state index < -0.39 is 0 Å². The van der Waals surface area contributed by atoms with Gasteiger partial charge < -0.3 is 9.64 Å². The van der Waals surface area contributed by atoms with Gasteiger partial charge in [-0.3, -0.25) is 9.69 Å². The number of carbonyl (C=O) groups is 1. The molecule has 1 atom stereocenters. The van der Waals surface area contributed by atoms with E-state index in [4.69, 9.17) is 16.3 Å². The fourth-order valence-electron chi connectivity index (χ4n) is 5.45. The molecule has 0 saturated carbocycles. The highest BCUT2D eigenvalue weighted by atomic mass is 35.5. The SMILES string of the molecule is O=C(C1c2ccccc2Oc2ccccc21)N1CCN(C(c2ccccc2)c2ccc(Cl)cc2)CC1. The van der Waals surface area contributed by atoms with Crippen LogP contribution >= 0.6 is 11.6 Å². The summed E-state index contributed by atoms with van der Waals surface area (Å²) < 4.78 is 6.11. The molecular weight excluding hydrogens is 468 g/mol. The van der Waals surface area contributed by atoms with Crippen LogP contribution in [0.1, 0.15) is 34.2 Å². The maximum atomic E-state index is 14.0. The van der Waals surface area contributed by atoms with Gasteiger partial charge in [0.1, 0.15) is 11.5 Å². The average Bonchev–Trinajstić information content (AvgIpc) is 2.93.